The Labute approximate surface area is 121 Å². The van der Waals surface area contributed by atoms with E-state index in [-0.39, 0.29) is 17.8 Å². The zero-order chi connectivity index (χ0) is 14.3. The van der Waals surface area contributed by atoms with E-state index in [2.05, 4.69) is 26.6 Å². The number of hydrogen-bond acceptors (Lipinski definition) is 3. The quantitative estimate of drug-likeness (QED) is 0.717. The van der Waals surface area contributed by atoms with Crippen LogP contribution in [-0.2, 0) is 4.79 Å². The molecule has 0 aliphatic heterocycles. The normalized spacial score (nSPS) is 12.0. The Morgan fingerprint density at radius 2 is 2.26 bits per heavy atom. The molecular formula is C13H19BrFN3O. The lowest BCUT2D eigenvalue weighted by atomic mass is 10.1. The molecule has 0 bridgehead atoms. The summed E-state index contributed by atoms with van der Waals surface area (Å²) in [6.45, 7) is 2.99. The van der Waals surface area contributed by atoms with Crippen LogP contribution in [0.2, 0.25) is 0 Å². The monoisotopic (exact) mass is 331 g/mol. The summed E-state index contributed by atoms with van der Waals surface area (Å²) in [5.41, 5.74) is 6.37. The Bertz CT molecular complexity index is 428. The molecule has 1 rings (SSSR count). The summed E-state index contributed by atoms with van der Waals surface area (Å²) in [6.07, 6.45) is 1.20. The first-order valence-electron chi connectivity index (χ1n) is 6.25. The number of carbonyl (C=O) groups is 1. The minimum atomic E-state index is -0.324. The molecule has 1 atom stereocenters. The van der Waals surface area contributed by atoms with Crippen LogP contribution >= 0.6 is 15.9 Å². The first-order chi connectivity index (χ1) is 9.06. The van der Waals surface area contributed by atoms with E-state index in [0.717, 1.165) is 12.1 Å². The van der Waals surface area contributed by atoms with Crippen molar-refractivity contribution in [3.8, 4) is 0 Å². The Hall–Kier alpha value is -1.14. The maximum atomic E-state index is 13.1. The first-order valence-corrected chi connectivity index (χ1v) is 7.04. The zero-order valence-corrected chi connectivity index (χ0v) is 12.5. The SMILES string of the molecule is CCCNC(=O)CC(CN)Nc1ccc(F)c(Br)c1. The largest absolute Gasteiger partial charge is 0.380 e. The minimum Gasteiger partial charge on any atom is -0.380 e. The summed E-state index contributed by atoms with van der Waals surface area (Å²) in [5, 5.41) is 5.92. The van der Waals surface area contributed by atoms with Gasteiger partial charge in [0.25, 0.3) is 0 Å². The highest BCUT2D eigenvalue weighted by Crippen LogP contribution is 2.20. The van der Waals surface area contributed by atoms with Crippen LogP contribution in [0, 0.1) is 5.82 Å². The Kier molecular flexibility index (Phi) is 6.80. The number of nitrogens with two attached hydrogens (primary N) is 1. The zero-order valence-electron chi connectivity index (χ0n) is 10.9. The topological polar surface area (TPSA) is 67.2 Å². The van der Waals surface area contributed by atoms with Gasteiger partial charge in [-0.05, 0) is 40.5 Å². The molecule has 4 nitrogen and oxygen atoms in total. The number of hydrogen-bond donors (Lipinski definition) is 3. The van der Waals surface area contributed by atoms with Crippen molar-refractivity contribution in [3.05, 3.63) is 28.5 Å². The molecule has 0 heterocycles. The van der Waals surface area contributed by atoms with E-state index >= 15 is 0 Å². The molecule has 4 N–H and O–H groups in total. The van der Waals surface area contributed by atoms with Crippen molar-refractivity contribution in [3.63, 3.8) is 0 Å². The molecule has 0 saturated carbocycles. The maximum absolute atomic E-state index is 13.1. The number of nitrogens with one attached hydrogen (secondary N) is 2. The van der Waals surface area contributed by atoms with Gasteiger partial charge in [-0.25, -0.2) is 4.39 Å². The van der Waals surface area contributed by atoms with Crippen LogP contribution in [0.3, 0.4) is 0 Å². The van der Waals surface area contributed by atoms with Gasteiger partial charge in [0.15, 0.2) is 0 Å². The third kappa shape index (κ3) is 5.57. The summed E-state index contributed by atoms with van der Waals surface area (Å²) in [5.74, 6) is -0.360. The number of anilines is 1. The molecule has 0 fully saturated rings. The Morgan fingerprint density at radius 3 is 2.84 bits per heavy atom. The number of halogens is 2. The number of benzene rings is 1. The Morgan fingerprint density at radius 1 is 1.53 bits per heavy atom. The smallest absolute Gasteiger partial charge is 0.222 e. The summed E-state index contributed by atoms with van der Waals surface area (Å²) in [7, 11) is 0. The van der Waals surface area contributed by atoms with Crippen molar-refractivity contribution < 1.29 is 9.18 Å². The fourth-order valence-corrected chi connectivity index (χ4v) is 1.95. The predicted octanol–water partition coefficient (Wildman–Crippen LogP) is 2.24. The second-order valence-corrected chi connectivity index (χ2v) is 5.11. The number of rotatable bonds is 7. The molecule has 1 unspecified atom stereocenters. The highest BCUT2D eigenvalue weighted by Gasteiger charge is 2.12. The van der Waals surface area contributed by atoms with Crippen molar-refractivity contribution in [2.45, 2.75) is 25.8 Å². The number of carbonyl (C=O) groups excluding carboxylic acids is 1. The lowest BCUT2D eigenvalue weighted by Crippen LogP contribution is -2.36. The molecule has 0 saturated heterocycles. The molecule has 0 aromatic heterocycles. The van der Waals surface area contributed by atoms with E-state index in [1.807, 2.05) is 6.92 Å². The second kappa shape index (κ2) is 8.12. The minimum absolute atomic E-state index is 0.0361. The molecule has 0 aliphatic rings. The molecule has 1 aromatic rings. The van der Waals surface area contributed by atoms with Crippen molar-refractivity contribution in [1.29, 1.82) is 0 Å². The van der Waals surface area contributed by atoms with Crippen LogP contribution in [-0.4, -0.2) is 25.0 Å². The third-order valence-electron chi connectivity index (χ3n) is 2.58. The lowest BCUT2D eigenvalue weighted by molar-refractivity contribution is -0.121. The van der Waals surface area contributed by atoms with Crippen molar-refractivity contribution in [2.24, 2.45) is 5.73 Å². The Balaban J connectivity index is 2.56. The fourth-order valence-electron chi connectivity index (χ4n) is 1.58. The fraction of sp³-hybridized carbons (Fsp3) is 0.462. The standard InChI is InChI=1S/C13H19BrFN3O/c1-2-5-17-13(19)7-10(8-16)18-9-3-4-12(15)11(14)6-9/h3-4,6,10,18H,2,5,7-8,16H2,1H3,(H,17,19). The van der Waals surface area contributed by atoms with Crippen LogP contribution in [0.25, 0.3) is 0 Å². The highest BCUT2D eigenvalue weighted by atomic mass is 79.9. The van der Waals surface area contributed by atoms with Gasteiger partial charge >= 0.3 is 0 Å². The van der Waals surface area contributed by atoms with E-state index in [1.54, 1.807) is 12.1 Å². The van der Waals surface area contributed by atoms with Gasteiger partial charge in [-0.3, -0.25) is 4.79 Å². The molecule has 0 radical (unpaired) electrons. The third-order valence-corrected chi connectivity index (χ3v) is 3.19. The molecule has 6 heteroatoms. The van der Waals surface area contributed by atoms with Gasteiger partial charge in [0.05, 0.1) is 4.47 Å². The van der Waals surface area contributed by atoms with Crippen molar-refractivity contribution >= 4 is 27.5 Å². The maximum Gasteiger partial charge on any atom is 0.222 e. The van der Waals surface area contributed by atoms with E-state index in [1.165, 1.54) is 6.07 Å². The summed E-state index contributed by atoms with van der Waals surface area (Å²) >= 11 is 3.12. The summed E-state index contributed by atoms with van der Waals surface area (Å²) in [6, 6.07) is 4.43. The molecule has 19 heavy (non-hydrogen) atoms. The lowest BCUT2D eigenvalue weighted by Gasteiger charge is -2.18. The van der Waals surface area contributed by atoms with Gasteiger partial charge in [0, 0.05) is 31.2 Å². The van der Waals surface area contributed by atoms with Gasteiger partial charge < -0.3 is 16.4 Å². The van der Waals surface area contributed by atoms with Crippen LogP contribution in [0.4, 0.5) is 10.1 Å². The van der Waals surface area contributed by atoms with Gasteiger partial charge in [-0.15, -0.1) is 0 Å². The molecule has 0 spiro atoms. The van der Waals surface area contributed by atoms with Crippen LogP contribution in [0.1, 0.15) is 19.8 Å². The van der Waals surface area contributed by atoms with Crippen LogP contribution < -0.4 is 16.4 Å². The summed E-state index contributed by atoms with van der Waals surface area (Å²) in [4.78, 5) is 11.6. The van der Waals surface area contributed by atoms with E-state index < -0.39 is 0 Å². The van der Waals surface area contributed by atoms with Gasteiger partial charge in [0.1, 0.15) is 5.82 Å². The van der Waals surface area contributed by atoms with Gasteiger partial charge in [-0.2, -0.15) is 0 Å². The van der Waals surface area contributed by atoms with Crippen LogP contribution in [0.15, 0.2) is 22.7 Å². The highest BCUT2D eigenvalue weighted by molar-refractivity contribution is 9.10. The molecule has 1 aromatic carbocycles. The molecule has 1 amide bonds. The average Bonchev–Trinajstić information content (AvgIpc) is 2.39. The predicted molar refractivity (Wildman–Crippen MR) is 78.5 cm³/mol. The average molecular weight is 332 g/mol. The first kappa shape index (κ1) is 15.9. The molecule has 106 valence electrons. The van der Waals surface area contributed by atoms with Crippen LogP contribution in [0.5, 0.6) is 0 Å². The molecular weight excluding hydrogens is 313 g/mol. The van der Waals surface area contributed by atoms with E-state index in [4.69, 9.17) is 5.73 Å². The molecule has 0 aliphatic carbocycles. The number of amides is 1. The van der Waals surface area contributed by atoms with E-state index in [9.17, 15) is 9.18 Å². The second-order valence-electron chi connectivity index (χ2n) is 4.26. The van der Waals surface area contributed by atoms with Crippen molar-refractivity contribution in [1.82, 2.24) is 5.32 Å². The van der Waals surface area contributed by atoms with Gasteiger partial charge in [0.2, 0.25) is 5.91 Å². The van der Waals surface area contributed by atoms with E-state index in [0.29, 0.717) is 24.0 Å². The summed E-state index contributed by atoms with van der Waals surface area (Å²) < 4.78 is 13.5. The van der Waals surface area contributed by atoms with Crippen molar-refractivity contribution in [2.75, 3.05) is 18.4 Å². The van der Waals surface area contributed by atoms with Gasteiger partial charge in [-0.1, -0.05) is 6.92 Å².